The highest BCUT2D eigenvalue weighted by Crippen LogP contribution is 2.28. The molecule has 2 N–H and O–H groups in total. The van der Waals surface area contributed by atoms with Crippen LogP contribution in [0.4, 0.5) is 5.69 Å². The molecule has 0 saturated carbocycles. The number of rotatable bonds is 5. The fraction of sp³-hybridized carbons (Fsp3) is 0.333. The number of hydrogen-bond acceptors (Lipinski definition) is 3. The van der Waals surface area contributed by atoms with Crippen LogP contribution < -0.4 is 10.1 Å². The first-order chi connectivity index (χ1) is 8.43. The normalized spacial score (nSPS) is 11.7. The van der Waals surface area contributed by atoms with E-state index in [4.69, 9.17) is 9.84 Å². The van der Waals surface area contributed by atoms with E-state index >= 15 is 0 Å². The molecular formula is C12H14BrNO4. The van der Waals surface area contributed by atoms with Crippen LogP contribution in [0.25, 0.3) is 0 Å². The summed E-state index contributed by atoms with van der Waals surface area (Å²) < 4.78 is 5.91. The highest BCUT2D eigenvalue weighted by atomic mass is 79.9. The van der Waals surface area contributed by atoms with Crippen LogP contribution in [0.2, 0.25) is 0 Å². The summed E-state index contributed by atoms with van der Waals surface area (Å²) in [5.74, 6) is -1.44. The zero-order chi connectivity index (χ0) is 13.7. The summed E-state index contributed by atoms with van der Waals surface area (Å²) in [7, 11) is 1.50. The van der Waals surface area contributed by atoms with Gasteiger partial charge in [-0.2, -0.15) is 0 Å². The van der Waals surface area contributed by atoms with E-state index in [-0.39, 0.29) is 12.3 Å². The van der Waals surface area contributed by atoms with Crippen molar-refractivity contribution in [2.45, 2.75) is 13.3 Å². The summed E-state index contributed by atoms with van der Waals surface area (Å²) in [6, 6.07) is 5.20. The van der Waals surface area contributed by atoms with Gasteiger partial charge < -0.3 is 15.2 Å². The van der Waals surface area contributed by atoms with Gasteiger partial charge in [-0.05, 0) is 18.2 Å². The summed E-state index contributed by atoms with van der Waals surface area (Å²) >= 11 is 3.29. The first-order valence-corrected chi connectivity index (χ1v) is 6.09. The topological polar surface area (TPSA) is 75.6 Å². The number of methoxy groups -OCH3 is 1. The Bertz CT molecular complexity index is 461. The lowest BCUT2D eigenvalue weighted by Crippen LogP contribution is -2.23. The molecule has 6 heteroatoms. The van der Waals surface area contributed by atoms with E-state index in [1.807, 2.05) is 0 Å². The van der Waals surface area contributed by atoms with Crippen LogP contribution in [-0.4, -0.2) is 24.1 Å². The van der Waals surface area contributed by atoms with Crippen LogP contribution in [0.5, 0.6) is 5.75 Å². The minimum atomic E-state index is -1.00. The standard InChI is InChI=1S/C12H14BrNO4/c1-7(5-11(15)16)12(17)14-9-6-8(13)3-4-10(9)18-2/h3-4,6-7H,5H2,1-2H3,(H,14,17)(H,15,16). The molecule has 0 fully saturated rings. The third kappa shape index (κ3) is 4.03. The first kappa shape index (κ1) is 14.5. The van der Waals surface area contributed by atoms with E-state index in [2.05, 4.69) is 21.2 Å². The second kappa shape index (κ2) is 6.39. The number of halogens is 1. The number of benzene rings is 1. The summed E-state index contributed by atoms with van der Waals surface area (Å²) in [5.41, 5.74) is 0.508. The summed E-state index contributed by atoms with van der Waals surface area (Å²) in [4.78, 5) is 22.3. The maximum atomic E-state index is 11.8. The lowest BCUT2D eigenvalue weighted by atomic mass is 10.1. The second-order valence-electron chi connectivity index (χ2n) is 3.83. The van der Waals surface area contributed by atoms with Gasteiger partial charge in [0.2, 0.25) is 5.91 Å². The average Bonchev–Trinajstić information content (AvgIpc) is 2.28. The third-order valence-electron chi connectivity index (χ3n) is 2.35. The lowest BCUT2D eigenvalue weighted by Gasteiger charge is -2.13. The molecule has 5 nitrogen and oxygen atoms in total. The van der Waals surface area contributed by atoms with Gasteiger partial charge in [0, 0.05) is 10.4 Å². The minimum Gasteiger partial charge on any atom is -0.495 e. The van der Waals surface area contributed by atoms with Gasteiger partial charge in [0.1, 0.15) is 5.75 Å². The van der Waals surface area contributed by atoms with E-state index in [0.29, 0.717) is 11.4 Å². The molecule has 1 amide bonds. The fourth-order valence-corrected chi connectivity index (χ4v) is 1.75. The number of carbonyl (C=O) groups is 2. The van der Waals surface area contributed by atoms with Gasteiger partial charge in [0.15, 0.2) is 0 Å². The maximum Gasteiger partial charge on any atom is 0.304 e. The van der Waals surface area contributed by atoms with Crippen molar-refractivity contribution in [2.75, 3.05) is 12.4 Å². The van der Waals surface area contributed by atoms with E-state index < -0.39 is 11.9 Å². The molecule has 1 rings (SSSR count). The van der Waals surface area contributed by atoms with E-state index in [1.54, 1.807) is 25.1 Å². The SMILES string of the molecule is COc1ccc(Br)cc1NC(=O)C(C)CC(=O)O. The third-order valence-corrected chi connectivity index (χ3v) is 2.84. The van der Waals surface area contributed by atoms with Gasteiger partial charge in [-0.15, -0.1) is 0 Å². The zero-order valence-corrected chi connectivity index (χ0v) is 11.7. The molecule has 0 radical (unpaired) electrons. The number of anilines is 1. The molecule has 0 saturated heterocycles. The first-order valence-electron chi connectivity index (χ1n) is 5.30. The molecule has 0 bridgehead atoms. The molecule has 1 atom stereocenters. The van der Waals surface area contributed by atoms with Crippen molar-refractivity contribution in [3.63, 3.8) is 0 Å². The summed E-state index contributed by atoms with van der Waals surface area (Å²) in [5, 5.41) is 11.3. The molecule has 1 aromatic carbocycles. The Labute approximate surface area is 113 Å². The molecule has 0 heterocycles. The van der Waals surface area contributed by atoms with Crippen LogP contribution in [-0.2, 0) is 9.59 Å². The lowest BCUT2D eigenvalue weighted by molar-refractivity contribution is -0.139. The molecule has 98 valence electrons. The monoisotopic (exact) mass is 315 g/mol. The van der Waals surface area contributed by atoms with Crippen molar-refractivity contribution in [3.05, 3.63) is 22.7 Å². The van der Waals surface area contributed by atoms with E-state index in [9.17, 15) is 9.59 Å². The second-order valence-corrected chi connectivity index (χ2v) is 4.75. The van der Waals surface area contributed by atoms with Gasteiger partial charge in [0.25, 0.3) is 0 Å². The van der Waals surface area contributed by atoms with Crippen LogP contribution >= 0.6 is 15.9 Å². The van der Waals surface area contributed by atoms with E-state index in [1.165, 1.54) is 7.11 Å². The van der Waals surface area contributed by atoms with Gasteiger partial charge in [-0.3, -0.25) is 9.59 Å². The van der Waals surface area contributed by atoms with Crippen molar-refractivity contribution in [2.24, 2.45) is 5.92 Å². The Balaban J connectivity index is 2.80. The number of ether oxygens (including phenoxy) is 1. The van der Waals surface area contributed by atoms with Crippen LogP contribution in [0.15, 0.2) is 22.7 Å². The number of carbonyl (C=O) groups excluding carboxylic acids is 1. The van der Waals surface area contributed by atoms with Crippen molar-refractivity contribution in [1.29, 1.82) is 0 Å². The van der Waals surface area contributed by atoms with Gasteiger partial charge >= 0.3 is 5.97 Å². The number of hydrogen-bond donors (Lipinski definition) is 2. The molecule has 0 aliphatic carbocycles. The van der Waals surface area contributed by atoms with Crippen LogP contribution in [0.3, 0.4) is 0 Å². The summed E-state index contributed by atoms with van der Waals surface area (Å²) in [6.07, 6.45) is -0.206. The predicted octanol–water partition coefficient (Wildman–Crippen LogP) is 2.51. The summed E-state index contributed by atoms with van der Waals surface area (Å²) in [6.45, 7) is 1.56. The molecule has 18 heavy (non-hydrogen) atoms. The Morgan fingerprint density at radius 3 is 2.72 bits per heavy atom. The predicted molar refractivity (Wildman–Crippen MR) is 70.7 cm³/mol. The van der Waals surface area contributed by atoms with Crippen molar-refractivity contribution in [1.82, 2.24) is 0 Å². The molecule has 0 aliphatic rings. The zero-order valence-electron chi connectivity index (χ0n) is 10.1. The number of aliphatic carboxylic acids is 1. The van der Waals surface area contributed by atoms with Crippen molar-refractivity contribution in [3.8, 4) is 5.75 Å². The number of carboxylic acids is 1. The highest BCUT2D eigenvalue weighted by Gasteiger charge is 2.18. The van der Waals surface area contributed by atoms with Gasteiger partial charge in [-0.25, -0.2) is 0 Å². The van der Waals surface area contributed by atoms with Crippen LogP contribution in [0.1, 0.15) is 13.3 Å². The quantitative estimate of drug-likeness (QED) is 0.875. The molecule has 0 aliphatic heterocycles. The van der Waals surface area contributed by atoms with E-state index in [0.717, 1.165) is 4.47 Å². The fourth-order valence-electron chi connectivity index (χ4n) is 1.39. The van der Waals surface area contributed by atoms with Crippen molar-refractivity contribution < 1.29 is 19.4 Å². The molecule has 1 aromatic rings. The van der Waals surface area contributed by atoms with Gasteiger partial charge in [-0.1, -0.05) is 22.9 Å². The minimum absolute atomic E-state index is 0.206. The average molecular weight is 316 g/mol. The Morgan fingerprint density at radius 2 is 2.17 bits per heavy atom. The Hall–Kier alpha value is -1.56. The number of nitrogens with one attached hydrogen (secondary N) is 1. The number of amides is 1. The molecule has 0 aromatic heterocycles. The number of carboxylic acid groups (broad SMARTS) is 1. The van der Waals surface area contributed by atoms with Crippen molar-refractivity contribution >= 4 is 33.5 Å². The maximum absolute atomic E-state index is 11.8. The molecular weight excluding hydrogens is 302 g/mol. The largest absolute Gasteiger partial charge is 0.495 e. The Kier molecular flexibility index (Phi) is 5.15. The Morgan fingerprint density at radius 1 is 1.50 bits per heavy atom. The molecule has 1 unspecified atom stereocenters. The van der Waals surface area contributed by atoms with Crippen LogP contribution in [0, 0.1) is 5.92 Å². The smallest absolute Gasteiger partial charge is 0.304 e. The highest BCUT2D eigenvalue weighted by molar-refractivity contribution is 9.10. The molecule has 0 spiro atoms. The van der Waals surface area contributed by atoms with Gasteiger partial charge in [0.05, 0.1) is 19.2 Å².